The summed E-state index contributed by atoms with van der Waals surface area (Å²) >= 11 is 0. The Morgan fingerprint density at radius 2 is 1.38 bits per heavy atom. The average molecular weight is 402 g/mol. The Labute approximate surface area is 182 Å². The average Bonchev–Trinajstić information content (AvgIpc) is 2.57. The van der Waals surface area contributed by atoms with E-state index >= 15 is 0 Å². The van der Waals surface area contributed by atoms with Crippen molar-refractivity contribution < 1.29 is 52.1 Å². The quantitative estimate of drug-likeness (QED) is 0.151. The van der Waals surface area contributed by atoms with E-state index in [2.05, 4.69) is 11.7 Å². The molecule has 0 aromatic rings. The summed E-state index contributed by atoms with van der Waals surface area (Å²) in [5, 5.41) is 0. The van der Waals surface area contributed by atoms with Crippen LogP contribution in [-0.2, 0) is 19.6 Å². The third-order valence-electron chi connectivity index (χ3n) is 4.35. The van der Waals surface area contributed by atoms with Crippen LogP contribution in [0.15, 0.2) is 0 Å². The number of hydrogen-bond donors (Lipinski definition) is 0. The zero-order chi connectivity index (χ0) is 19.0. The molecule has 0 saturated heterocycles. The van der Waals surface area contributed by atoms with Crippen LogP contribution in [0.5, 0.6) is 0 Å². The molecule has 8 heteroatoms. The molecule has 0 aliphatic carbocycles. The summed E-state index contributed by atoms with van der Waals surface area (Å²) in [7, 11) is -2.89. The largest absolute Gasteiger partial charge is 1.00 e. The summed E-state index contributed by atoms with van der Waals surface area (Å²) in [5.74, 6) is -0.732. The fraction of sp³-hybridized carbons (Fsp3) is 0.944. The van der Waals surface area contributed by atoms with Crippen LogP contribution < -0.4 is 29.6 Å². The molecule has 0 aromatic heterocycles. The normalized spacial score (nSPS) is 11.4. The van der Waals surface area contributed by atoms with E-state index in [-0.39, 0.29) is 48.5 Å². The van der Waals surface area contributed by atoms with Gasteiger partial charge >= 0.3 is 35.5 Å². The number of unbranched alkanes of at least 4 members (excludes halogenated alkanes) is 9. The zero-order valence-electron chi connectivity index (χ0n) is 17.0. The summed E-state index contributed by atoms with van der Waals surface area (Å²) in [4.78, 5) is 13.1. The predicted octanol–water partition coefficient (Wildman–Crippen LogP) is 0.322. The maximum atomic E-state index is 11.2. The second-order valence-corrected chi connectivity index (χ2v) is 8.14. The second kappa shape index (κ2) is 18.7. The molecule has 0 rings (SSSR count). The van der Waals surface area contributed by atoms with Crippen LogP contribution in [0.3, 0.4) is 0 Å². The molecule has 6 nitrogen and oxygen atoms in total. The Balaban J connectivity index is 0. The topological polar surface area (TPSA) is 86.7 Å². The minimum absolute atomic E-state index is 0. The van der Waals surface area contributed by atoms with Crippen LogP contribution in [0.1, 0.15) is 77.6 Å². The van der Waals surface area contributed by atoms with Gasteiger partial charge in [0.1, 0.15) is 0 Å². The predicted molar refractivity (Wildman–Crippen MR) is 99.5 cm³/mol. The second-order valence-electron chi connectivity index (χ2n) is 6.61. The minimum atomic E-state index is -4.22. The van der Waals surface area contributed by atoms with Gasteiger partial charge in [-0.3, -0.25) is 4.79 Å². The summed E-state index contributed by atoms with van der Waals surface area (Å²) < 4.78 is 37.0. The summed E-state index contributed by atoms with van der Waals surface area (Å²) in [6.07, 6.45) is 12.6. The molecule has 0 aromatic carbocycles. The van der Waals surface area contributed by atoms with E-state index in [4.69, 9.17) is 0 Å². The molecule has 0 atom stereocenters. The van der Waals surface area contributed by atoms with Gasteiger partial charge in [-0.05, 0) is 13.0 Å². The van der Waals surface area contributed by atoms with E-state index in [1.54, 1.807) is 0 Å². The maximum Gasteiger partial charge on any atom is 1.00 e. The first kappa shape index (κ1) is 28.5. The van der Waals surface area contributed by atoms with Crippen molar-refractivity contribution >= 4 is 16.1 Å². The first-order valence-electron chi connectivity index (χ1n) is 9.61. The Morgan fingerprint density at radius 1 is 0.885 bits per heavy atom. The van der Waals surface area contributed by atoms with Gasteiger partial charge in [0.25, 0.3) is 0 Å². The molecule has 0 saturated carbocycles. The van der Waals surface area contributed by atoms with E-state index in [9.17, 15) is 17.8 Å². The van der Waals surface area contributed by atoms with E-state index < -0.39 is 15.9 Å². The molecule has 150 valence electrons. The Hall–Kier alpha value is 0.340. The number of methoxy groups -OCH3 is 1. The first-order valence-corrected chi connectivity index (χ1v) is 11.2. The van der Waals surface area contributed by atoms with Gasteiger partial charge in [0.2, 0.25) is 0 Å². The van der Waals surface area contributed by atoms with Crippen molar-refractivity contribution in [2.45, 2.75) is 77.6 Å². The molecule has 0 N–H and O–H groups in total. The number of rotatable bonds is 17. The van der Waals surface area contributed by atoms with Crippen LogP contribution in [0.2, 0.25) is 0 Å². The first-order chi connectivity index (χ1) is 11.9. The van der Waals surface area contributed by atoms with Crippen LogP contribution in [0.4, 0.5) is 0 Å². The molecule has 0 aliphatic heterocycles. The number of carbonyl (C=O) groups excluding carboxylic acids is 1. The van der Waals surface area contributed by atoms with Crippen LogP contribution in [0.25, 0.3) is 0 Å². The van der Waals surface area contributed by atoms with Crippen LogP contribution >= 0.6 is 0 Å². The van der Waals surface area contributed by atoms with Gasteiger partial charge in [-0.15, -0.1) is 0 Å². The summed E-state index contributed by atoms with van der Waals surface area (Å²) in [6.45, 7) is 3.55. The minimum Gasteiger partial charge on any atom is -0.748 e. The number of ether oxygens (including phenoxy) is 1. The smallest absolute Gasteiger partial charge is 0.748 e. The molecule has 0 radical (unpaired) electrons. The van der Waals surface area contributed by atoms with E-state index in [0.29, 0.717) is 13.1 Å². The number of hydrogen-bond acceptors (Lipinski definition) is 6. The Morgan fingerprint density at radius 3 is 1.85 bits per heavy atom. The summed E-state index contributed by atoms with van der Waals surface area (Å²) in [5.41, 5.74) is 0. The number of esters is 1. The van der Waals surface area contributed by atoms with Crippen molar-refractivity contribution in [3.8, 4) is 0 Å². The van der Waals surface area contributed by atoms with Gasteiger partial charge in [-0.1, -0.05) is 64.7 Å². The van der Waals surface area contributed by atoms with Crippen molar-refractivity contribution in [3.05, 3.63) is 0 Å². The molecule has 0 amide bonds. The third-order valence-corrected chi connectivity index (χ3v) is 5.03. The van der Waals surface area contributed by atoms with Crippen molar-refractivity contribution in [2.24, 2.45) is 0 Å². The molecule has 26 heavy (non-hydrogen) atoms. The molecule has 0 fully saturated rings. The molecule has 0 bridgehead atoms. The monoisotopic (exact) mass is 401 g/mol. The van der Waals surface area contributed by atoms with Gasteiger partial charge < -0.3 is 14.2 Å². The molecule has 0 aliphatic rings. The van der Waals surface area contributed by atoms with Crippen molar-refractivity contribution in [1.29, 1.82) is 0 Å². The Kier molecular flexibility index (Phi) is 20.5. The fourth-order valence-corrected chi connectivity index (χ4v) is 3.23. The Bertz CT molecular complexity index is 431. The maximum absolute atomic E-state index is 11.2. The molecule has 0 unspecified atom stereocenters. The fourth-order valence-electron chi connectivity index (χ4n) is 2.75. The van der Waals surface area contributed by atoms with Crippen LogP contribution in [0, 0.1) is 0 Å². The zero-order valence-corrected chi connectivity index (χ0v) is 19.8. The van der Waals surface area contributed by atoms with E-state index in [0.717, 1.165) is 12.8 Å². The van der Waals surface area contributed by atoms with Gasteiger partial charge in [-0.2, -0.15) is 0 Å². The van der Waals surface area contributed by atoms with Crippen molar-refractivity contribution in [1.82, 2.24) is 4.90 Å². The van der Waals surface area contributed by atoms with Gasteiger partial charge in [0.15, 0.2) is 0 Å². The molecule has 0 spiro atoms. The standard InChI is InChI=1S/C18H37NO5S.Na/c1-3-4-5-6-7-8-9-10-11-12-14-19(15-13-18(20)24-2)16-17-25(21,22)23;/h3-17H2,1-2H3,(H,21,22,23);/q;+1/p-1. The molecular weight excluding hydrogens is 365 g/mol. The SMILES string of the molecule is CCCCCCCCCCCCN(CCC(=O)OC)CCS(=O)(=O)[O-].[Na+]. The van der Waals surface area contributed by atoms with Gasteiger partial charge in [0, 0.05) is 13.1 Å². The number of nitrogens with zero attached hydrogens (tertiary/aromatic N) is 1. The third kappa shape index (κ3) is 20.6. The van der Waals surface area contributed by atoms with Gasteiger partial charge in [0.05, 0.1) is 29.4 Å². The number of carbonyl (C=O) groups is 1. The van der Waals surface area contributed by atoms with Gasteiger partial charge in [-0.25, -0.2) is 8.42 Å². The van der Waals surface area contributed by atoms with E-state index in [1.165, 1.54) is 58.5 Å². The molecule has 0 heterocycles. The molecular formula is C18H36NNaO5S. The van der Waals surface area contributed by atoms with Crippen molar-refractivity contribution in [2.75, 3.05) is 32.5 Å². The van der Waals surface area contributed by atoms with Crippen LogP contribution in [-0.4, -0.2) is 56.3 Å². The van der Waals surface area contributed by atoms with Crippen molar-refractivity contribution in [3.63, 3.8) is 0 Å². The summed E-state index contributed by atoms with van der Waals surface area (Å²) in [6, 6.07) is 0. The van der Waals surface area contributed by atoms with E-state index in [1.807, 2.05) is 4.90 Å².